The lowest BCUT2D eigenvalue weighted by Gasteiger charge is -2.19. The Hall–Kier alpha value is -1.72. The minimum Gasteiger partial charge on any atom is -0.302 e. The molecule has 0 bridgehead atoms. The molecule has 5 heteroatoms. The van der Waals surface area contributed by atoms with Crippen molar-refractivity contribution < 1.29 is 8.42 Å². The van der Waals surface area contributed by atoms with E-state index in [-0.39, 0.29) is 17.8 Å². The van der Waals surface area contributed by atoms with Gasteiger partial charge in [0.25, 0.3) is 0 Å². The van der Waals surface area contributed by atoms with E-state index in [9.17, 15) is 8.42 Å². The highest BCUT2D eigenvalue weighted by Gasteiger charge is 2.34. The lowest BCUT2D eigenvalue weighted by Crippen LogP contribution is -2.25. The van der Waals surface area contributed by atoms with Crippen LogP contribution in [0.25, 0.3) is 0 Å². The molecule has 1 aromatic carbocycles. The highest BCUT2D eigenvalue weighted by atomic mass is 32.2. The van der Waals surface area contributed by atoms with E-state index in [0.717, 1.165) is 11.1 Å². The summed E-state index contributed by atoms with van der Waals surface area (Å²) in [6.45, 7) is 2.03. The summed E-state index contributed by atoms with van der Waals surface area (Å²) in [6, 6.07) is 11.0. The van der Waals surface area contributed by atoms with E-state index in [2.05, 4.69) is 10.3 Å². The number of hydrogen-bond donors (Lipinski definition) is 1. The third kappa shape index (κ3) is 2.34. The minimum absolute atomic E-state index is 0.0735. The van der Waals surface area contributed by atoms with E-state index in [4.69, 9.17) is 0 Å². The van der Waals surface area contributed by atoms with Gasteiger partial charge in [0.05, 0.1) is 10.6 Å². The van der Waals surface area contributed by atoms with E-state index in [1.165, 1.54) is 0 Å². The van der Waals surface area contributed by atoms with Crippen molar-refractivity contribution >= 4 is 9.84 Å². The average Bonchev–Trinajstić information content (AvgIpc) is 2.72. The molecule has 1 aliphatic rings. The molecule has 0 saturated carbocycles. The molecule has 0 fully saturated rings. The summed E-state index contributed by atoms with van der Waals surface area (Å²) < 4.78 is 24.3. The molecule has 0 amide bonds. The van der Waals surface area contributed by atoms with Crippen molar-refractivity contribution in [2.24, 2.45) is 0 Å². The third-order valence-electron chi connectivity index (χ3n) is 3.67. The number of fused-ring (bicyclic) bond motifs is 1. The Balaban J connectivity index is 1.87. The maximum atomic E-state index is 12.1. The van der Waals surface area contributed by atoms with Gasteiger partial charge in [-0.15, -0.1) is 0 Å². The lowest BCUT2D eigenvalue weighted by molar-refractivity contribution is 0.496. The van der Waals surface area contributed by atoms with Gasteiger partial charge in [0.2, 0.25) is 0 Å². The first-order chi connectivity index (χ1) is 9.58. The molecule has 1 N–H and O–H groups in total. The van der Waals surface area contributed by atoms with Crippen LogP contribution in [0.15, 0.2) is 53.7 Å². The predicted octanol–water partition coefficient (Wildman–Crippen LogP) is 2.26. The van der Waals surface area contributed by atoms with Gasteiger partial charge in [-0.1, -0.05) is 18.2 Å². The van der Waals surface area contributed by atoms with Crippen LogP contribution in [0.5, 0.6) is 0 Å². The summed E-state index contributed by atoms with van der Waals surface area (Å²) in [5, 5.41) is 3.40. The Morgan fingerprint density at radius 3 is 2.65 bits per heavy atom. The second kappa shape index (κ2) is 5.00. The summed E-state index contributed by atoms with van der Waals surface area (Å²) in [7, 11) is -3.16. The zero-order chi connectivity index (χ0) is 14.2. The maximum Gasteiger partial charge on any atom is 0.180 e. The number of sulfone groups is 1. The third-order valence-corrected chi connectivity index (χ3v) is 5.49. The lowest BCUT2D eigenvalue weighted by atomic mass is 10.1. The van der Waals surface area contributed by atoms with Crippen LogP contribution in [0.1, 0.15) is 30.1 Å². The SMILES string of the molecule is CC(NC1CS(=O)(=O)c2ccccc21)c1ccncc1. The van der Waals surface area contributed by atoms with Crippen molar-refractivity contribution in [1.82, 2.24) is 10.3 Å². The number of rotatable bonds is 3. The molecule has 2 atom stereocenters. The highest BCUT2D eigenvalue weighted by molar-refractivity contribution is 7.91. The quantitative estimate of drug-likeness (QED) is 0.941. The highest BCUT2D eigenvalue weighted by Crippen LogP contribution is 2.34. The number of benzene rings is 1. The number of nitrogens with one attached hydrogen (secondary N) is 1. The van der Waals surface area contributed by atoms with Crippen molar-refractivity contribution in [3.8, 4) is 0 Å². The Labute approximate surface area is 118 Å². The van der Waals surface area contributed by atoms with Crippen molar-refractivity contribution in [2.45, 2.75) is 23.9 Å². The maximum absolute atomic E-state index is 12.1. The van der Waals surface area contributed by atoms with Crippen LogP contribution in [0.3, 0.4) is 0 Å². The normalized spacial score (nSPS) is 21.4. The molecule has 0 radical (unpaired) electrons. The van der Waals surface area contributed by atoms with Gasteiger partial charge < -0.3 is 5.32 Å². The molecular formula is C15H16N2O2S. The van der Waals surface area contributed by atoms with Crippen LogP contribution >= 0.6 is 0 Å². The molecule has 0 saturated heterocycles. The number of aromatic nitrogens is 1. The zero-order valence-corrected chi connectivity index (χ0v) is 12.0. The van der Waals surface area contributed by atoms with Crippen LogP contribution in [0.4, 0.5) is 0 Å². The number of nitrogens with zero attached hydrogens (tertiary/aromatic N) is 1. The molecule has 20 heavy (non-hydrogen) atoms. The Bertz CT molecular complexity index is 714. The molecule has 2 aromatic rings. The van der Waals surface area contributed by atoms with Crippen LogP contribution < -0.4 is 5.32 Å². The topological polar surface area (TPSA) is 59.1 Å². The first-order valence-electron chi connectivity index (χ1n) is 6.55. The summed E-state index contributed by atoms with van der Waals surface area (Å²) in [5.41, 5.74) is 1.97. The molecule has 1 aliphatic heterocycles. The molecule has 2 heterocycles. The van der Waals surface area contributed by atoms with Gasteiger partial charge >= 0.3 is 0 Å². The van der Waals surface area contributed by atoms with Gasteiger partial charge in [-0.3, -0.25) is 4.98 Å². The van der Waals surface area contributed by atoms with Crippen molar-refractivity contribution in [1.29, 1.82) is 0 Å². The predicted molar refractivity (Wildman–Crippen MR) is 77.0 cm³/mol. The molecule has 0 spiro atoms. The van der Waals surface area contributed by atoms with Gasteiger partial charge in [0.15, 0.2) is 9.84 Å². The summed E-state index contributed by atoms with van der Waals surface area (Å²) in [6.07, 6.45) is 3.49. The molecule has 4 nitrogen and oxygen atoms in total. The van der Waals surface area contributed by atoms with Crippen LogP contribution in [0.2, 0.25) is 0 Å². The minimum atomic E-state index is -3.16. The monoisotopic (exact) mass is 288 g/mol. The van der Waals surface area contributed by atoms with Gasteiger partial charge in [0, 0.05) is 24.5 Å². The van der Waals surface area contributed by atoms with Crippen molar-refractivity contribution in [3.05, 3.63) is 59.9 Å². The van der Waals surface area contributed by atoms with Gasteiger partial charge in [-0.05, 0) is 36.2 Å². The van der Waals surface area contributed by atoms with Crippen molar-refractivity contribution in [3.63, 3.8) is 0 Å². The molecule has 104 valence electrons. The first-order valence-corrected chi connectivity index (χ1v) is 8.21. The number of hydrogen-bond acceptors (Lipinski definition) is 4. The summed E-state index contributed by atoms with van der Waals surface area (Å²) in [4.78, 5) is 4.45. The fraction of sp³-hybridized carbons (Fsp3) is 0.267. The van der Waals surface area contributed by atoms with E-state index in [1.54, 1.807) is 24.5 Å². The molecule has 3 rings (SSSR count). The Kier molecular flexibility index (Phi) is 3.31. The van der Waals surface area contributed by atoms with Gasteiger partial charge in [-0.2, -0.15) is 0 Å². The summed E-state index contributed by atoms with van der Waals surface area (Å²) >= 11 is 0. The van der Waals surface area contributed by atoms with E-state index >= 15 is 0 Å². The standard InChI is InChI=1S/C15H16N2O2S/c1-11(12-6-8-16-9-7-12)17-14-10-20(18,19)15-5-3-2-4-13(14)15/h2-9,11,14,17H,10H2,1H3. The van der Waals surface area contributed by atoms with Crippen molar-refractivity contribution in [2.75, 3.05) is 5.75 Å². The second-order valence-corrected chi connectivity index (χ2v) is 7.04. The van der Waals surface area contributed by atoms with Crippen LogP contribution in [-0.2, 0) is 9.84 Å². The Morgan fingerprint density at radius 1 is 1.20 bits per heavy atom. The smallest absolute Gasteiger partial charge is 0.180 e. The second-order valence-electron chi connectivity index (χ2n) is 5.04. The molecular weight excluding hydrogens is 272 g/mol. The van der Waals surface area contributed by atoms with Crippen LogP contribution in [-0.4, -0.2) is 19.2 Å². The largest absolute Gasteiger partial charge is 0.302 e. The first kappa shape index (κ1) is 13.3. The fourth-order valence-corrected chi connectivity index (χ4v) is 4.39. The zero-order valence-electron chi connectivity index (χ0n) is 11.2. The number of pyridine rings is 1. The summed E-state index contributed by atoms with van der Waals surface area (Å²) in [5.74, 6) is 0.127. The molecule has 2 unspecified atom stereocenters. The van der Waals surface area contributed by atoms with E-state index < -0.39 is 9.84 Å². The van der Waals surface area contributed by atoms with Crippen LogP contribution in [0, 0.1) is 0 Å². The average molecular weight is 288 g/mol. The molecule has 1 aromatic heterocycles. The molecule has 0 aliphatic carbocycles. The van der Waals surface area contributed by atoms with Gasteiger partial charge in [-0.25, -0.2) is 8.42 Å². The van der Waals surface area contributed by atoms with Gasteiger partial charge in [0.1, 0.15) is 0 Å². The van der Waals surface area contributed by atoms with E-state index in [1.807, 2.05) is 31.2 Å². The fourth-order valence-electron chi connectivity index (χ4n) is 2.64. The Morgan fingerprint density at radius 2 is 1.90 bits per heavy atom. The van der Waals surface area contributed by atoms with E-state index in [0.29, 0.717) is 4.90 Å².